The van der Waals surface area contributed by atoms with Gasteiger partial charge < -0.3 is 19.7 Å². The molecule has 1 atom stereocenters. The number of carbonyl (C=O) groups excluding carboxylic acids is 1. The molecule has 2 N–H and O–H groups in total. The Morgan fingerprint density at radius 1 is 1.06 bits per heavy atom. The van der Waals surface area contributed by atoms with E-state index in [-0.39, 0.29) is 22.1 Å². The van der Waals surface area contributed by atoms with Gasteiger partial charge in [-0.15, -0.1) is 0 Å². The van der Waals surface area contributed by atoms with Crippen LogP contribution in [-0.2, 0) is 12.0 Å². The fourth-order valence-corrected chi connectivity index (χ4v) is 4.02. The monoisotopic (exact) mass is 462 g/mol. The quantitative estimate of drug-likeness (QED) is 0.570. The van der Waals surface area contributed by atoms with Gasteiger partial charge in [0.05, 0.1) is 12.1 Å². The Kier molecular flexibility index (Phi) is 6.56. The zero-order chi connectivity index (χ0) is 24.4. The highest BCUT2D eigenvalue weighted by Gasteiger charge is 2.56. The molecule has 3 rings (SSSR count). The van der Waals surface area contributed by atoms with Gasteiger partial charge in [0.25, 0.3) is 0 Å². The molecule has 0 saturated carbocycles. The third-order valence-electron chi connectivity index (χ3n) is 5.60. The van der Waals surface area contributed by atoms with E-state index >= 15 is 0 Å². The summed E-state index contributed by atoms with van der Waals surface area (Å²) in [4.78, 5) is 23.8. The molecule has 1 aromatic heterocycles. The molecule has 33 heavy (non-hydrogen) atoms. The average Bonchev–Trinajstić information content (AvgIpc) is 2.75. The van der Waals surface area contributed by atoms with Crippen molar-refractivity contribution >= 4 is 17.0 Å². The first-order valence-electron chi connectivity index (χ1n) is 10.2. The Balaban J connectivity index is 2.04. The van der Waals surface area contributed by atoms with Crippen LogP contribution in [0.15, 0.2) is 65.6 Å². The van der Waals surface area contributed by atoms with Crippen LogP contribution in [0.1, 0.15) is 25.8 Å². The number of pyridine rings is 1. The predicted molar refractivity (Wildman–Crippen MR) is 118 cm³/mol. The predicted octanol–water partition coefficient (Wildman–Crippen LogP) is 4.38. The second kappa shape index (κ2) is 8.90. The van der Waals surface area contributed by atoms with Gasteiger partial charge in [0.15, 0.2) is 11.0 Å². The van der Waals surface area contributed by atoms with Crippen molar-refractivity contribution in [2.75, 3.05) is 7.05 Å². The normalized spacial score (nSPS) is 14.0. The molecule has 1 amide bonds. The lowest BCUT2D eigenvalue weighted by molar-refractivity contribution is -0.271. The topological polar surface area (TPSA) is 80.6 Å². The molecule has 0 spiro atoms. The van der Waals surface area contributed by atoms with Crippen LogP contribution in [0, 0.1) is 0 Å². The number of aromatic nitrogens is 1. The Morgan fingerprint density at radius 3 is 2.36 bits per heavy atom. The summed E-state index contributed by atoms with van der Waals surface area (Å²) in [6.07, 6.45) is -5.22. The average molecular weight is 462 g/mol. The van der Waals surface area contributed by atoms with Crippen LogP contribution >= 0.6 is 0 Å². The molecule has 1 heterocycles. The Labute approximate surface area is 188 Å². The summed E-state index contributed by atoms with van der Waals surface area (Å²) in [5, 5.41) is 13.6. The smallest absolute Gasteiger partial charge is 0.410 e. The van der Waals surface area contributed by atoms with Crippen LogP contribution in [-0.4, -0.2) is 34.6 Å². The molecule has 3 aromatic rings. The first-order chi connectivity index (χ1) is 15.4. The molecular formula is C24H25F3N2O4. The number of nitrogens with one attached hydrogen (secondary N) is 1. The van der Waals surface area contributed by atoms with Crippen molar-refractivity contribution in [3.8, 4) is 5.75 Å². The van der Waals surface area contributed by atoms with Crippen LogP contribution in [0.4, 0.5) is 18.0 Å². The maximum atomic E-state index is 14.3. The third kappa shape index (κ3) is 5.03. The number of fused-ring (bicyclic) bond motifs is 1. The minimum absolute atomic E-state index is 0.0974. The minimum Gasteiger partial charge on any atom is -0.410 e. The number of carbonyl (C=O) groups is 1. The number of hydrogen-bond donors (Lipinski definition) is 2. The lowest BCUT2D eigenvalue weighted by Crippen LogP contribution is -2.52. The highest BCUT2D eigenvalue weighted by Crippen LogP contribution is 2.44. The molecule has 0 aliphatic rings. The number of benzene rings is 2. The first-order valence-corrected chi connectivity index (χ1v) is 10.2. The number of aliphatic hydroxyl groups is 1. The molecule has 1 unspecified atom stereocenters. The van der Waals surface area contributed by atoms with Crippen molar-refractivity contribution in [2.24, 2.45) is 0 Å². The minimum atomic E-state index is -4.98. The molecule has 6 nitrogen and oxygen atoms in total. The summed E-state index contributed by atoms with van der Waals surface area (Å²) in [5.74, 6) is 0.0974. The fourth-order valence-electron chi connectivity index (χ4n) is 4.02. The summed E-state index contributed by atoms with van der Waals surface area (Å²) in [7, 11) is 1.37. The fraction of sp³-hybridized carbons (Fsp3) is 0.333. The Bertz CT molecular complexity index is 1220. The van der Waals surface area contributed by atoms with Crippen LogP contribution in [0.25, 0.3) is 10.9 Å². The highest BCUT2D eigenvalue weighted by molar-refractivity contribution is 5.78. The van der Waals surface area contributed by atoms with Crippen LogP contribution in [0.3, 0.4) is 0 Å². The van der Waals surface area contributed by atoms with Crippen molar-refractivity contribution in [1.82, 2.24) is 9.88 Å². The first kappa shape index (κ1) is 24.3. The van der Waals surface area contributed by atoms with E-state index in [2.05, 4.69) is 5.32 Å². The molecule has 0 aliphatic heterocycles. The van der Waals surface area contributed by atoms with Crippen molar-refractivity contribution in [1.29, 1.82) is 0 Å². The molecule has 0 bridgehead atoms. The number of halogens is 3. The van der Waals surface area contributed by atoms with Crippen molar-refractivity contribution in [3.05, 3.63) is 76.6 Å². The van der Waals surface area contributed by atoms with Crippen LogP contribution in [0.2, 0.25) is 0 Å². The maximum Gasteiger partial charge on any atom is 0.418 e. The molecule has 0 radical (unpaired) electrons. The van der Waals surface area contributed by atoms with Gasteiger partial charge in [0.2, 0.25) is 0 Å². The van der Waals surface area contributed by atoms with Gasteiger partial charge in [-0.1, -0.05) is 44.2 Å². The van der Waals surface area contributed by atoms with Gasteiger partial charge in [0, 0.05) is 30.3 Å². The highest BCUT2D eigenvalue weighted by atomic mass is 19.4. The number of ether oxygens (including phenoxy) is 1. The molecule has 176 valence electrons. The summed E-state index contributed by atoms with van der Waals surface area (Å²) < 4.78 is 49.2. The van der Waals surface area contributed by atoms with Crippen molar-refractivity contribution in [2.45, 2.75) is 44.0 Å². The molecule has 0 fully saturated rings. The summed E-state index contributed by atoms with van der Waals surface area (Å²) in [6, 6.07) is 13.7. The van der Waals surface area contributed by atoms with Gasteiger partial charge in [-0.25, -0.2) is 4.79 Å². The van der Waals surface area contributed by atoms with E-state index in [0.717, 1.165) is 0 Å². The van der Waals surface area contributed by atoms with E-state index in [0.29, 0.717) is 5.56 Å². The number of hydrogen-bond acceptors (Lipinski definition) is 4. The molecule has 9 heteroatoms. The van der Waals surface area contributed by atoms with Gasteiger partial charge in [0.1, 0.15) is 5.75 Å². The zero-order valence-corrected chi connectivity index (χ0v) is 18.4. The standard InChI is InChI=1S/C24H25F3N2O4/c1-22(2,17-9-5-7-11-20(17)33-21(31)28-3)14-23(32,24(25,26)27)15-29-13-12-19(30)16-8-4-6-10-18(16)29/h4-13,32H,14-15H2,1-3H3,(H,28,31). The van der Waals surface area contributed by atoms with Gasteiger partial charge in [-0.3, -0.25) is 4.79 Å². The molecule has 0 saturated heterocycles. The van der Waals surface area contributed by atoms with E-state index in [9.17, 15) is 27.9 Å². The SMILES string of the molecule is CNC(=O)Oc1ccccc1C(C)(C)CC(O)(Cn1ccc(=O)c2ccccc21)C(F)(F)F. The van der Waals surface area contributed by atoms with E-state index < -0.39 is 36.3 Å². The summed E-state index contributed by atoms with van der Waals surface area (Å²) >= 11 is 0. The number of nitrogens with zero attached hydrogens (tertiary/aromatic N) is 1. The van der Waals surface area contributed by atoms with Crippen LogP contribution in [0.5, 0.6) is 5.75 Å². The Morgan fingerprint density at radius 2 is 1.70 bits per heavy atom. The van der Waals surface area contributed by atoms with Crippen molar-refractivity contribution in [3.63, 3.8) is 0 Å². The van der Waals surface area contributed by atoms with E-state index in [1.165, 1.54) is 42.1 Å². The van der Waals surface area contributed by atoms with Crippen LogP contribution < -0.4 is 15.5 Å². The zero-order valence-electron chi connectivity index (χ0n) is 18.4. The van der Waals surface area contributed by atoms with E-state index in [4.69, 9.17) is 4.74 Å². The molecular weight excluding hydrogens is 437 g/mol. The lowest BCUT2D eigenvalue weighted by atomic mass is 9.74. The van der Waals surface area contributed by atoms with E-state index in [1.807, 2.05) is 0 Å². The largest absolute Gasteiger partial charge is 0.418 e. The third-order valence-corrected chi connectivity index (χ3v) is 5.60. The van der Waals surface area contributed by atoms with Gasteiger partial charge in [-0.05, 0) is 30.0 Å². The molecule has 2 aromatic carbocycles. The molecule has 0 aliphatic carbocycles. The summed E-state index contributed by atoms with van der Waals surface area (Å²) in [5.41, 5.74) is -4.09. The second-order valence-electron chi connectivity index (χ2n) is 8.55. The Hall–Kier alpha value is -3.33. The maximum absolute atomic E-state index is 14.3. The van der Waals surface area contributed by atoms with Gasteiger partial charge >= 0.3 is 12.3 Å². The van der Waals surface area contributed by atoms with Crippen molar-refractivity contribution < 1.29 is 27.8 Å². The summed E-state index contributed by atoms with van der Waals surface area (Å²) in [6.45, 7) is 2.26. The second-order valence-corrected chi connectivity index (χ2v) is 8.55. The number of amides is 1. The number of para-hydroxylation sites is 2. The number of rotatable bonds is 6. The van der Waals surface area contributed by atoms with Gasteiger partial charge in [-0.2, -0.15) is 13.2 Å². The van der Waals surface area contributed by atoms with E-state index in [1.54, 1.807) is 44.2 Å². The number of alkyl halides is 3. The lowest BCUT2D eigenvalue weighted by Gasteiger charge is -2.39.